The van der Waals surface area contributed by atoms with Crippen molar-refractivity contribution in [2.24, 2.45) is 5.92 Å². The standard InChI is InChI=1S/C12H20N4O2/c1-7(2)10-13-12(16-15-10)14-11(17)8(3)18-6-9-4-5-9/h7-9H,4-6H2,1-3H3,(H2,13,14,15,16,17)/t8-/m1/s1. The van der Waals surface area contributed by atoms with Gasteiger partial charge in [-0.1, -0.05) is 13.8 Å². The molecule has 0 saturated heterocycles. The van der Waals surface area contributed by atoms with E-state index < -0.39 is 6.10 Å². The molecule has 6 nitrogen and oxygen atoms in total. The zero-order valence-corrected chi connectivity index (χ0v) is 11.1. The monoisotopic (exact) mass is 252 g/mol. The quantitative estimate of drug-likeness (QED) is 0.807. The Balaban J connectivity index is 1.80. The van der Waals surface area contributed by atoms with Crippen LogP contribution in [0.15, 0.2) is 0 Å². The minimum atomic E-state index is -0.466. The first-order valence-corrected chi connectivity index (χ1v) is 6.41. The van der Waals surface area contributed by atoms with E-state index in [9.17, 15) is 4.79 Å². The Morgan fingerprint density at radius 2 is 2.22 bits per heavy atom. The number of H-pyrrole nitrogens is 1. The number of carbonyl (C=O) groups excluding carboxylic acids is 1. The molecule has 1 atom stereocenters. The lowest BCUT2D eigenvalue weighted by Gasteiger charge is -2.11. The highest BCUT2D eigenvalue weighted by atomic mass is 16.5. The van der Waals surface area contributed by atoms with Crippen LogP contribution in [0.3, 0.4) is 0 Å². The van der Waals surface area contributed by atoms with E-state index in [1.807, 2.05) is 13.8 Å². The van der Waals surface area contributed by atoms with Crippen molar-refractivity contribution in [3.05, 3.63) is 5.82 Å². The predicted molar refractivity (Wildman–Crippen MR) is 67.2 cm³/mol. The van der Waals surface area contributed by atoms with Gasteiger partial charge in [0.2, 0.25) is 5.95 Å². The van der Waals surface area contributed by atoms with Crippen LogP contribution in [0.25, 0.3) is 0 Å². The molecule has 1 amide bonds. The molecule has 0 bridgehead atoms. The van der Waals surface area contributed by atoms with E-state index in [1.165, 1.54) is 12.8 Å². The number of anilines is 1. The van der Waals surface area contributed by atoms with Crippen molar-refractivity contribution in [1.29, 1.82) is 0 Å². The average molecular weight is 252 g/mol. The van der Waals surface area contributed by atoms with Crippen LogP contribution in [0.5, 0.6) is 0 Å². The van der Waals surface area contributed by atoms with Crippen LogP contribution in [0.4, 0.5) is 5.95 Å². The van der Waals surface area contributed by atoms with Crippen molar-refractivity contribution in [3.63, 3.8) is 0 Å². The molecule has 1 aromatic heterocycles. The van der Waals surface area contributed by atoms with Crippen LogP contribution < -0.4 is 5.32 Å². The highest BCUT2D eigenvalue weighted by Gasteiger charge is 2.24. The minimum absolute atomic E-state index is 0.204. The number of hydrogen-bond donors (Lipinski definition) is 2. The first-order valence-electron chi connectivity index (χ1n) is 6.41. The van der Waals surface area contributed by atoms with Crippen LogP contribution in [0, 0.1) is 5.92 Å². The first-order chi connectivity index (χ1) is 8.56. The molecule has 1 heterocycles. The Kier molecular flexibility index (Phi) is 3.96. The molecule has 100 valence electrons. The highest BCUT2D eigenvalue weighted by molar-refractivity contribution is 5.92. The van der Waals surface area contributed by atoms with Crippen LogP contribution in [0.2, 0.25) is 0 Å². The molecule has 2 N–H and O–H groups in total. The van der Waals surface area contributed by atoms with Gasteiger partial charge < -0.3 is 4.74 Å². The molecule has 0 unspecified atom stereocenters. The molecule has 1 saturated carbocycles. The number of carbonyl (C=O) groups is 1. The summed E-state index contributed by atoms with van der Waals surface area (Å²) in [4.78, 5) is 16.0. The number of nitrogens with one attached hydrogen (secondary N) is 2. The van der Waals surface area contributed by atoms with Gasteiger partial charge in [-0.25, -0.2) is 0 Å². The van der Waals surface area contributed by atoms with Crippen LogP contribution in [-0.2, 0) is 9.53 Å². The fraction of sp³-hybridized carbons (Fsp3) is 0.750. The van der Waals surface area contributed by atoms with Gasteiger partial charge >= 0.3 is 0 Å². The summed E-state index contributed by atoms with van der Waals surface area (Å²) >= 11 is 0. The number of ether oxygens (including phenoxy) is 1. The van der Waals surface area contributed by atoms with Gasteiger partial charge in [0.1, 0.15) is 11.9 Å². The second-order valence-electron chi connectivity index (χ2n) is 5.11. The lowest BCUT2D eigenvalue weighted by atomic mass is 10.2. The molecule has 0 radical (unpaired) electrons. The summed E-state index contributed by atoms with van der Waals surface area (Å²) in [5.74, 6) is 1.77. The Hall–Kier alpha value is -1.43. The molecule has 1 fully saturated rings. The molecule has 2 rings (SSSR count). The summed E-state index contributed by atoms with van der Waals surface area (Å²) in [6, 6.07) is 0. The third-order valence-corrected chi connectivity index (χ3v) is 2.93. The van der Waals surface area contributed by atoms with Gasteiger partial charge in [0.15, 0.2) is 0 Å². The van der Waals surface area contributed by atoms with Gasteiger partial charge in [-0.15, -0.1) is 5.10 Å². The zero-order chi connectivity index (χ0) is 13.1. The van der Waals surface area contributed by atoms with Crippen molar-refractivity contribution in [2.45, 2.75) is 45.6 Å². The average Bonchev–Trinajstić information content (AvgIpc) is 3.04. The van der Waals surface area contributed by atoms with Gasteiger partial charge in [-0.05, 0) is 25.7 Å². The van der Waals surface area contributed by atoms with Crippen LogP contribution >= 0.6 is 0 Å². The summed E-state index contributed by atoms with van der Waals surface area (Å²) in [7, 11) is 0. The van der Waals surface area contributed by atoms with Gasteiger partial charge in [0.25, 0.3) is 5.91 Å². The summed E-state index contributed by atoms with van der Waals surface area (Å²) in [5, 5.41) is 9.38. The number of hydrogen-bond acceptors (Lipinski definition) is 4. The minimum Gasteiger partial charge on any atom is -0.368 e. The Morgan fingerprint density at radius 3 is 2.78 bits per heavy atom. The molecule has 0 spiro atoms. The van der Waals surface area contributed by atoms with Gasteiger partial charge in [0.05, 0.1) is 6.61 Å². The lowest BCUT2D eigenvalue weighted by molar-refractivity contribution is -0.126. The van der Waals surface area contributed by atoms with Gasteiger partial charge in [-0.3, -0.25) is 15.2 Å². The first kappa shape index (κ1) is 13.0. The SMILES string of the molecule is CC(C)c1nc(NC(=O)[C@@H](C)OCC2CC2)n[nH]1. The number of aromatic nitrogens is 3. The summed E-state index contributed by atoms with van der Waals surface area (Å²) in [6.07, 6.45) is 1.96. The zero-order valence-electron chi connectivity index (χ0n) is 11.1. The fourth-order valence-corrected chi connectivity index (χ4v) is 1.44. The molecule has 1 aromatic rings. The second kappa shape index (κ2) is 5.48. The Morgan fingerprint density at radius 1 is 1.50 bits per heavy atom. The third-order valence-electron chi connectivity index (χ3n) is 2.93. The summed E-state index contributed by atoms with van der Waals surface area (Å²) < 4.78 is 5.48. The smallest absolute Gasteiger partial charge is 0.255 e. The molecule has 0 aliphatic heterocycles. The van der Waals surface area contributed by atoms with Crippen LogP contribution in [-0.4, -0.2) is 33.8 Å². The molecule has 1 aliphatic rings. The summed E-state index contributed by atoms with van der Waals surface area (Å²) in [6.45, 7) is 6.43. The lowest BCUT2D eigenvalue weighted by Crippen LogP contribution is -2.28. The van der Waals surface area contributed by atoms with Crippen molar-refractivity contribution in [1.82, 2.24) is 15.2 Å². The van der Waals surface area contributed by atoms with E-state index in [0.29, 0.717) is 18.5 Å². The molecule has 18 heavy (non-hydrogen) atoms. The van der Waals surface area contributed by atoms with Crippen molar-refractivity contribution in [2.75, 3.05) is 11.9 Å². The second-order valence-corrected chi connectivity index (χ2v) is 5.11. The van der Waals surface area contributed by atoms with Gasteiger partial charge in [-0.2, -0.15) is 4.98 Å². The van der Waals surface area contributed by atoms with E-state index in [0.717, 1.165) is 5.82 Å². The largest absolute Gasteiger partial charge is 0.368 e. The predicted octanol–water partition coefficient (Wildman–Crippen LogP) is 1.68. The number of amides is 1. The fourth-order valence-electron chi connectivity index (χ4n) is 1.44. The Bertz CT molecular complexity index is 412. The van der Waals surface area contributed by atoms with E-state index in [2.05, 4.69) is 20.5 Å². The van der Waals surface area contributed by atoms with Crippen molar-refractivity contribution in [3.8, 4) is 0 Å². The van der Waals surface area contributed by atoms with E-state index in [-0.39, 0.29) is 11.8 Å². The number of rotatable bonds is 6. The molecular formula is C12H20N4O2. The maximum Gasteiger partial charge on any atom is 0.255 e. The molecular weight excluding hydrogens is 232 g/mol. The maximum atomic E-state index is 11.8. The van der Waals surface area contributed by atoms with E-state index in [1.54, 1.807) is 6.92 Å². The molecule has 6 heteroatoms. The van der Waals surface area contributed by atoms with Crippen LogP contribution in [0.1, 0.15) is 45.4 Å². The molecule has 1 aliphatic carbocycles. The third kappa shape index (κ3) is 3.53. The topological polar surface area (TPSA) is 79.9 Å². The summed E-state index contributed by atoms with van der Waals surface area (Å²) in [5.41, 5.74) is 0. The van der Waals surface area contributed by atoms with E-state index in [4.69, 9.17) is 4.74 Å². The van der Waals surface area contributed by atoms with Crippen molar-refractivity contribution < 1.29 is 9.53 Å². The normalized spacial score (nSPS) is 16.9. The maximum absolute atomic E-state index is 11.8. The Labute approximate surface area is 107 Å². The number of aromatic amines is 1. The van der Waals surface area contributed by atoms with Gasteiger partial charge in [0, 0.05) is 5.92 Å². The highest BCUT2D eigenvalue weighted by Crippen LogP contribution is 2.29. The molecule has 0 aromatic carbocycles. The van der Waals surface area contributed by atoms with Crippen molar-refractivity contribution >= 4 is 11.9 Å². The van der Waals surface area contributed by atoms with E-state index >= 15 is 0 Å². The number of nitrogens with zero attached hydrogens (tertiary/aromatic N) is 2.